The Labute approximate surface area is 105 Å². The molecule has 94 valence electrons. The number of aryl methyl sites for hydroxylation is 1. The Morgan fingerprint density at radius 2 is 2.11 bits per heavy atom. The number of H-pyrrole nitrogens is 1. The van der Waals surface area contributed by atoms with Crippen molar-refractivity contribution in [2.75, 3.05) is 7.11 Å². The van der Waals surface area contributed by atoms with Gasteiger partial charge in [-0.1, -0.05) is 12.1 Å². The lowest BCUT2D eigenvalue weighted by molar-refractivity contribution is 0.415. The highest BCUT2D eigenvalue weighted by molar-refractivity contribution is 5.62. The van der Waals surface area contributed by atoms with Crippen LogP contribution in [0.3, 0.4) is 0 Å². The first kappa shape index (κ1) is 12.4. The SMILES string of the molecule is COc1cccc(-c2cc(C)c(CN)c(=O)[nH]2)c1. The third-order valence-corrected chi connectivity index (χ3v) is 2.94. The summed E-state index contributed by atoms with van der Waals surface area (Å²) in [6, 6.07) is 9.49. The smallest absolute Gasteiger partial charge is 0.253 e. The molecule has 0 spiro atoms. The molecule has 0 radical (unpaired) electrons. The lowest BCUT2D eigenvalue weighted by atomic mass is 10.1. The van der Waals surface area contributed by atoms with Crippen molar-refractivity contribution in [1.29, 1.82) is 0 Å². The number of methoxy groups -OCH3 is 1. The Bertz CT molecular complexity index is 617. The van der Waals surface area contributed by atoms with E-state index in [2.05, 4.69) is 4.98 Å². The van der Waals surface area contributed by atoms with Crippen LogP contribution in [0.2, 0.25) is 0 Å². The molecule has 0 aliphatic rings. The van der Waals surface area contributed by atoms with Gasteiger partial charge in [0.05, 0.1) is 7.11 Å². The molecule has 0 atom stereocenters. The summed E-state index contributed by atoms with van der Waals surface area (Å²) in [5.41, 5.74) is 8.63. The van der Waals surface area contributed by atoms with Crippen molar-refractivity contribution in [2.45, 2.75) is 13.5 Å². The van der Waals surface area contributed by atoms with Crippen molar-refractivity contribution in [3.8, 4) is 17.0 Å². The van der Waals surface area contributed by atoms with Crippen molar-refractivity contribution in [1.82, 2.24) is 4.98 Å². The number of rotatable bonds is 3. The van der Waals surface area contributed by atoms with E-state index >= 15 is 0 Å². The van der Waals surface area contributed by atoms with Crippen molar-refractivity contribution in [2.24, 2.45) is 5.73 Å². The zero-order valence-corrected chi connectivity index (χ0v) is 10.5. The molecule has 2 aromatic rings. The van der Waals surface area contributed by atoms with Gasteiger partial charge in [-0.15, -0.1) is 0 Å². The normalized spacial score (nSPS) is 10.4. The molecule has 0 unspecified atom stereocenters. The standard InChI is InChI=1S/C14H16N2O2/c1-9-6-13(16-14(17)12(9)8-15)10-4-3-5-11(7-10)18-2/h3-7H,8,15H2,1-2H3,(H,16,17). The summed E-state index contributed by atoms with van der Waals surface area (Å²) in [7, 11) is 1.62. The molecule has 0 fully saturated rings. The molecule has 0 amide bonds. The van der Waals surface area contributed by atoms with Crippen LogP contribution in [-0.4, -0.2) is 12.1 Å². The van der Waals surface area contributed by atoms with Crippen molar-refractivity contribution in [3.05, 3.63) is 51.8 Å². The maximum absolute atomic E-state index is 11.9. The molecule has 1 aromatic carbocycles. The Hall–Kier alpha value is -2.07. The topological polar surface area (TPSA) is 68.1 Å². The number of benzene rings is 1. The number of aromatic amines is 1. The van der Waals surface area contributed by atoms with E-state index in [4.69, 9.17) is 10.5 Å². The van der Waals surface area contributed by atoms with E-state index in [1.54, 1.807) is 7.11 Å². The first-order valence-corrected chi connectivity index (χ1v) is 5.73. The number of pyridine rings is 1. The van der Waals surface area contributed by atoms with Gasteiger partial charge in [-0.25, -0.2) is 0 Å². The molecular weight excluding hydrogens is 228 g/mol. The highest BCUT2D eigenvalue weighted by Crippen LogP contribution is 2.22. The largest absolute Gasteiger partial charge is 0.497 e. The summed E-state index contributed by atoms with van der Waals surface area (Å²) in [6.45, 7) is 2.14. The molecule has 1 aromatic heterocycles. The fraction of sp³-hybridized carbons (Fsp3) is 0.214. The van der Waals surface area contributed by atoms with Gasteiger partial charge < -0.3 is 15.5 Å². The van der Waals surface area contributed by atoms with E-state index in [0.29, 0.717) is 5.56 Å². The summed E-state index contributed by atoms with van der Waals surface area (Å²) in [4.78, 5) is 14.7. The van der Waals surface area contributed by atoms with E-state index in [-0.39, 0.29) is 12.1 Å². The lowest BCUT2D eigenvalue weighted by Gasteiger charge is -2.08. The highest BCUT2D eigenvalue weighted by Gasteiger charge is 2.06. The predicted molar refractivity (Wildman–Crippen MR) is 71.7 cm³/mol. The Kier molecular flexibility index (Phi) is 3.48. The van der Waals surface area contributed by atoms with E-state index in [0.717, 1.165) is 22.6 Å². The minimum Gasteiger partial charge on any atom is -0.497 e. The fourth-order valence-corrected chi connectivity index (χ4v) is 1.92. The van der Waals surface area contributed by atoms with E-state index in [1.165, 1.54) is 0 Å². The summed E-state index contributed by atoms with van der Waals surface area (Å²) in [6.07, 6.45) is 0. The second-order valence-corrected chi connectivity index (χ2v) is 4.11. The van der Waals surface area contributed by atoms with Crippen LogP contribution in [-0.2, 0) is 6.54 Å². The molecule has 0 bridgehead atoms. The third-order valence-electron chi connectivity index (χ3n) is 2.94. The molecule has 18 heavy (non-hydrogen) atoms. The molecule has 3 N–H and O–H groups in total. The van der Waals surface area contributed by atoms with Crippen LogP contribution < -0.4 is 16.0 Å². The number of hydrogen-bond donors (Lipinski definition) is 2. The number of nitrogens with two attached hydrogens (primary N) is 1. The molecule has 1 heterocycles. The first-order valence-electron chi connectivity index (χ1n) is 5.73. The van der Waals surface area contributed by atoms with Gasteiger partial charge in [-0.05, 0) is 30.7 Å². The third kappa shape index (κ3) is 2.28. The number of ether oxygens (including phenoxy) is 1. The Balaban J connectivity index is 2.54. The lowest BCUT2D eigenvalue weighted by Crippen LogP contribution is -2.18. The molecule has 0 aliphatic heterocycles. The summed E-state index contributed by atoms with van der Waals surface area (Å²) >= 11 is 0. The van der Waals surface area contributed by atoms with Gasteiger partial charge in [-0.2, -0.15) is 0 Å². The second kappa shape index (κ2) is 5.06. The quantitative estimate of drug-likeness (QED) is 0.865. The van der Waals surface area contributed by atoms with Crippen LogP contribution in [0.5, 0.6) is 5.75 Å². The molecule has 0 saturated heterocycles. The van der Waals surface area contributed by atoms with Crippen LogP contribution >= 0.6 is 0 Å². The zero-order chi connectivity index (χ0) is 13.1. The van der Waals surface area contributed by atoms with Crippen LogP contribution in [0, 0.1) is 6.92 Å². The Morgan fingerprint density at radius 3 is 2.72 bits per heavy atom. The van der Waals surface area contributed by atoms with Gasteiger partial charge in [0.2, 0.25) is 0 Å². The van der Waals surface area contributed by atoms with Crippen molar-refractivity contribution in [3.63, 3.8) is 0 Å². The molecule has 4 nitrogen and oxygen atoms in total. The van der Waals surface area contributed by atoms with Crippen LogP contribution in [0.4, 0.5) is 0 Å². The van der Waals surface area contributed by atoms with E-state index in [9.17, 15) is 4.79 Å². The predicted octanol–water partition coefficient (Wildman–Crippen LogP) is 1.82. The van der Waals surface area contributed by atoms with Gasteiger partial charge in [-0.3, -0.25) is 4.79 Å². The average Bonchev–Trinajstić information content (AvgIpc) is 2.38. The van der Waals surface area contributed by atoms with Gasteiger partial charge in [0.1, 0.15) is 5.75 Å². The number of aromatic nitrogens is 1. The Morgan fingerprint density at radius 1 is 1.33 bits per heavy atom. The first-order chi connectivity index (χ1) is 8.65. The minimum atomic E-state index is -0.129. The summed E-state index contributed by atoms with van der Waals surface area (Å²) in [5, 5.41) is 0. The molecular formula is C14H16N2O2. The van der Waals surface area contributed by atoms with Crippen LogP contribution in [0.15, 0.2) is 35.1 Å². The maximum Gasteiger partial charge on any atom is 0.253 e. The average molecular weight is 244 g/mol. The van der Waals surface area contributed by atoms with Gasteiger partial charge in [0, 0.05) is 23.4 Å². The fourth-order valence-electron chi connectivity index (χ4n) is 1.92. The molecule has 0 saturated carbocycles. The summed E-state index contributed by atoms with van der Waals surface area (Å²) < 4.78 is 5.17. The van der Waals surface area contributed by atoms with E-state index < -0.39 is 0 Å². The number of nitrogens with one attached hydrogen (secondary N) is 1. The highest BCUT2D eigenvalue weighted by atomic mass is 16.5. The molecule has 0 aliphatic carbocycles. The van der Waals surface area contributed by atoms with Crippen LogP contribution in [0.1, 0.15) is 11.1 Å². The van der Waals surface area contributed by atoms with Gasteiger partial charge >= 0.3 is 0 Å². The number of hydrogen-bond acceptors (Lipinski definition) is 3. The monoisotopic (exact) mass is 244 g/mol. The molecule has 4 heteroatoms. The van der Waals surface area contributed by atoms with Gasteiger partial charge in [0.15, 0.2) is 0 Å². The maximum atomic E-state index is 11.9. The van der Waals surface area contributed by atoms with E-state index in [1.807, 2.05) is 37.3 Å². The van der Waals surface area contributed by atoms with Crippen LogP contribution in [0.25, 0.3) is 11.3 Å². The van der Waals surface area contributed by atoms with Gasteiger partial charge in [0.25, 0.3) is 5.56 Å². The summed E-state index contributed by atoms with van der Waals surface area (Å²) in [5.74, 6) is 0.758. The van der Waals surface area contributed by atoms with Crippen molar-refractivity contribution >= 4 is 0 Å². The minimum absolute atomic E-state index is 0.129. The zero-order valence-electron chi connectivity index (χ0n) is 10.5. The second-order valence-electron chi connectivity index (χ2n) is 4.11. The van der Waals surface area contributed by atoms with Crippen molar-refractivity contribution < 1.29 is 4.74 Å². The molecule has 2 rings (SSSR count).